The maximum atomic E-state index is 3.85. The summed E-state index contributed by atoms with van der Waals surface area (Å²) in [5.74, 6) is 1.43. The topological polar surface area (TPSA) is 24.1 Å². The standard InChI is InChI=1S/C26H48N2/c1-9-11-13-23-17-24(14-12-10-2)26(28-22(8)16-20(5)6)18-25(23)27-21(7)15-19(3)4/h17-22,27-28H,9-16H2,1-8H3. The summed E-state index contributed by atoms with van der Waals surface area (Å²) in [5.41, 5.74) is 5.71. The fourth-order valence-electron chi connectivity index (χ4n) is 4.18. The predicted octanol–water partition coefficient (Wildman–Crippen LogP) is 8.06. The maximum Gasteiger partial charge on any atom is 0.0395 e. The maximum absolute atomic E-state index is 3.85. The van der Waals surface area contributed by atoms with E-state index in [9.17, 15) is 0 Å². The number of aryl methyl sites for hydroxylation is 2. The Kier molecular flexibility index (Phi) is 11.6. The molecule has 0 aliphatic carbocycles. The third-order valence-electron chi connectivity index (χ3n) is 5.38. The van der Waals surface area contributed by atoms with E-state index in [-0.39, 0.29) is 0 Å². The molecular formula is C26H48N2. The van der Waals surface area contributed by atoms with Crippen LogP contribution in [0, 0.1) is 11.8 Å². The molecule has 0 amide bonds. The summed E-state index contributed by atoms with van der Waals surface area (Å²) in [5, 5.41) is 7.70. The van der Waals surface area contributed by atoms with Crippen molar-refractivity contribution in [2.45, 2.75) is 119 Å². The van der Waals surface area contributed by atoms with Crippen LogP contribution in [-0.4, -0.2) is 12.1 Å². The van der Waals surface area contributed by atoms with E-state index in [1.54, 1.807) is 0 Å². The van der Waals surface area contributed by atoms with Gasteiger partial charge in [0.2, 0.25) is 0 Å². The first-order valence-corrected chi connectivity index (χ1v) is 12.0. The Balaban J connectivity index is 3.18. The molecule has 0 aliphatic rings. The van der Waals surface area contributed by atoms with E-state index in [1.165, 1.54) is 73.9 Å². The van der Waals surface area contributed by atoms with Gasteiger partial charge in [0, 0.05) is 23.5 Å². The first-order valence-electron chi connectivity index (χ1n) is 12.0. The number of unbranched alkanes of at least 4 members (excludes halogenated alkanes) is 2. The number of anilines is 2. The summed E-state index contributed by atoms with van der Waals surface area (Å²) < 4.78 is 0. The van der Waals surface area contributed by atoms with Gasteiger partial charge in [0.05, 0.1) is 0 Å². The summed E-state index contributed by atoms with van der Waals surface area (Å²) in [6, 6.07) is 5.93. The van der Waals surface area contributed by atoms with Crippen molar-refractivity contribution < 1.29 is 0 Å². The quantitative estimate of drug-likeness (QED) is 0.337. The largest absolute Gasteiger partial charge is 0.382 e. The zero-order valence-corrected chi connectivity index (χ0v) is 20.1. The van der Waals surface area contributed by atoms with Gasteiger partial charge in [-0.2, -0.15) is 0 Å². The van der Waals surface area contributed by atoms with Crippen LogP contribution in [0.25, 0.3) is 0 Å². The molecule has 0 fully saturated rings. The Labute approximate surface area is 176 Å². The lowest BCUT2D eigenvalue weighted by Gasteiger charge is -2.25. The van der Waals surface area contributed by atoms with E-state index in [4.69, 9.17) is 0 Å². The zero-order chi connectivity index (χ0) is 21.1. The van der Waals surface area contributed by atoms with Crippen LogP contribution in [0.4, 0.5) is 11.4 Å². The first-order chi connectivity index (χ1) is 13.3. The average molecular weight is 389 g/mol. The molecule has 1 rings (SSSR count). The van der Waals surface area contributed by atoms with Crippen molar-refractivity contribution in [1.29, 1.82) is 0 Å². The van der Waals surface area contributed by atoms with Crippen molar-refractivity contribution in [2.24, 2.45) is 11.8 Å². The summed E-state index contributed by atoms with van der Waals surface area (Å²) in [7, 11) is 0. The van der Waals surface area contributed by atoms with Gasteiger partial charge in [-0.25, -0.2) is 0 Å². The molecule has 0 spiro atoms. The van der Waals surface area contributed by atoms with Crippen molar-refractivity contribution >= 4 is 11.4 Å². The van der Waals surface area contributed by atoms with Gasteiger partial charge >= 0.3 is 0 Å². The molecule has 2 nitrogen and oxygen atoms in total. The third-order valence-corrected chi connectivity index (χ3v) is 5.38. The monoisotopic (exact) mass is 388 g/mol. The van der Waals surface area contributed by atoms with Crippen LogP contribution in [0.5, 0.6) is 0 Å². The molecule has 0 aliphatic heterocycles. The fourth-order valence-corrected chi connectivity index (χ4v) is 4.18. The first kappa shape index (κ1) is 24.9. The summed E-state index contributed by atoms with van der Waals surface area (Å²) >= 11 is 0. The lowest BCUT2D eigenvalue weighted by Crippen LogP contribution is -2.21. The molecule has 0 radical (unpaired) electrons. The highest BCUT2D eigenvalue weighted by molar-refractivity contribution is 5.66. The minimum atomic E-state index is 0.503. The number of rotatable bonds is 14. The predicted molar refractivity (Wildman–Crippen MR) is 129 cm³/mol. The van der Waals surface area contributed by atoms with Crippen LogP contribution in [-0.2, 0) is 12.8 Å². The van der Waals surface area contributed by atoms with Crippen molar-refractivity contribution in [3.63, 3.8) is 0 Å². The molecule has 1 aromatic rings. The van der Waals surface area contributed by atoms with Crippen LogP contribution >= 0.6 is 0 Å². The highest BCUT2D eigenvalue weighted by atomic mass is 14.9. The fraction of sp³-hybridized carbons (Fsp3) is 0.769. The van der Waals surface area contributed by atoms with Gasteiger partial charge in [-0.3, -0.25) is 0 Å². The summed E-state index contributed by atoms with van der Waals surface area (Å²) in [4.78, 5) is 0. The molecule has 2 unspecified atom stereocenters. The van der Waals surface area contributed by atoms with Crippen molar-refractivity contribution in [2.75, 3.05) is 10.6 Å². The van der Waals surface area contributed by atoms with Crippen LogP contribution in [0.2, 0.25) is 0 Å². The molecule has 0 aromatic heterocycles. The number of hydrogen-bond acceptors (Lipinski definition) is 2. The molecule has 0 saturated carbocycles. The van der Waals surface area contributed by atoms with Gasteiger partial charge in [0.25, 0.3) is 0 Å². The second-order valence-corrected chi connectivity index (χ2v) is 9.72. The van der Waals surface area contributed by atoms with Gasteiger partial charge < -0.3 is 10.6 Å². The lowest BCUT2D eigenvalue weighted by molar-refractivity contribution is 0.538. The zero-order valence-electron chi connectivity index (χ0n) is 20.1. The minimum absolute atomic E-state index is 0.503. The van der Waals surface area contributed by atoms with Crippen molar-refractivity contribution in [3.8, 4) is 0 Å². The van der Waals surface area contributed by atoms with Crippen LogP contribution in [0.15, 0.2) is 12.1 Å². The molecule has 2 N–H and O–H groups in total. The molecule has 0 saturated heterocycles. The molecule has 162 valence electrons. The summed E-state index contributed by atoms with van der Waals surface area (Å²) in [6.45, 7) is 18.5. The molecule has 2 heteroatoms. The van der Waals surface area contributed by atoms with Gasteiger partial charge in [-0.15, -0.1) is 0 Å². The molecule has 0 heterocycles. The van der Waals surface area contributed by atoms with Crippen LogP contribution in [0.3, 0.4) is 0 Å². The van der Waals surface area contributed by atoms with Crippen molar-refractivity contribution in [1.82, 2.24) is 0 Å². The normalized spacial score (nSPS) is 13.8. The van der Waals surface area contributed by atoms with Gasteiger partial charge in [0.15, 0.2) is 0 Å². The second-order valence-electron chi connectivity index (χ2n) is 9.72. The highest BCUT2D eigenvalue weighted by Crippen LogP contribution is 2.30. The Bertz CT molecular complexity index is 502. The molecular weight excluding hydrogens is 340 g/mol. The number of hydrogen-bond donors (Lipinski definition) is 2. The minimum Gasteiger partial charge on any atom is -0.382 e. The number of nitrogens with one attached hydrogen (secondary N) is 2. The van der Waals surface area contributed by atoms with E-state index in [0.717, 1.165) is 0 Å². The molecule has 28 heavy (non-hydrogen) atoms. The Morgan fingerprint density at radius 1 is 0.643 bits per heavy atom. The van der Waals surface area contributed by atoms with Gasteiger partial charge in [0.1, 0.15) is 0 Å². The van der Waals surface area contributed by atoms with E-state index >= 15 is 0 Å². The van der Waals surface area contributed by atoms with Gasteiger partial charge in [-0.05, 0) is 81.4 Å². The summed E-state index contributed by atoms with van der Waals surface area (Å²) in [6.07, 6.45) is 9.78. The number of benzene rings is 1. The molecule has 2 atom stereocenters. The molecule has 0 bridgehead atoms. The second kappa shape index (κ2) is 13.1. The van der Waals surface area contributed by atoms with E-state index in [2.05, 4.69) is 78.2 Å². The Hall–Kier alpha value is -1.18. The average Bonchev–Trinajstić information content (AvgIpc) is 2.58. The van der Waals surface area contributed by atoms with Gasteiger partial charge in [-0.1, -0.05) is 60.5 Å². The lowest BCUT2D eigenvalue weighted by atomic mass is 9.96. The van der Waals surface area contributed by atoms with Crippen molar-refractivity contribution in [3.05, 3.63) is 23.3 Å². The smallest absolute Gasteiger partial charge is 0.0395 e. The third kappa shape index (κ3) is 9.34. The van der Waals surface area contributed by atoms with Crippen LogP contribution < -0.4 is 10.6 Å². The van der Waals surface area contributed by atoms with E-state index in [0.29, 0.717) is 23.9 Å². The van der Waals surface area contributed by atoms with E-state index in [1.807, 2.05) is 0 Å². The Morgan fingerprint density at radius 2 is 1.04 bits per heavy atom. The molecule has 1 aromatic carbocycles. The van der Waals surface area contributed by atoms with Crippen LogP contribution in [0.1, 0.15) is 105 Å². The van der Waals surface area contributed by atoms with E-state index < -0.39 is 0 Å². The highest BCUT2D eigenvalue weighted by Gasteiger charge is 2.15. The SMILES string of the molecule is CCCCc1cc(CCCC)c(NC(C)CC(C)C)cc1NC(C)CC(C)C. The Morgan fingerprint density at radius 3 is 1.36 bits per heavy atom.